The van der Waals surface area contributed by atoms with Gasteiger partial charge >= 0.3 is 7.60 Å². The average molecular weight is 274 g/mol. The molecule has 0 saturated heterocycles. The molecule has 0 unspecified atom stereocenters. The molecule has 6 heteroatoms. The third-order valence-corrected chi connectivity index (χ3v) is 5.19. The molecule has 1 aromatic carbocycles. The van der Waals surface area contributed by atoms with E-state index in [0.717, 1.165) is 0 Å². The zero-order valence-electron chi connectivity index (χ0n) is 9.79. The fourth-order valence-corrected chi connectivity index (χ4v) is 3.69. The Labute approximate surface area is 105 Å². The summed E-state index contributed by atoms with van der Waals surface area (Å²) < 4.78 is 34.0. The largest absolute Gasteiger partial charge is 0.375 e. The maximum absolute atomic E-state index is 12.4. The van der Waals surface area contributed by atoms with Crippen LogP contribution in [0.1, 0.15) is 19.4 Å². The standard InChI is InChI=1S/C11H15O4PS/c1-3-14-16(12,15-4-2)11(17-13)10-8-6-5-7-9-10/h5-9H,3-4H2,1-2H3. The van der Waals surface area contributed by atoms with Gasteiger partial charge in [0.25, 0.3) is 0 Å². The van der Waals surface area contributed by atoms with Crippen molar-refractivity contribution in [3.63, 3.8) is 0 Å². The van der Waals surface area contributed by atoms with Crippen molar-refractivity contribution in [2.45, 2.75) is 13.8 Å². The van der Waals surface area contributed by atoms with Gasteiger partial charge in [-0.05, 0) is 13.8 Å². The zero-order valence-corrected chi connectivity index (χ0v) is 11.5. The van der Waals surface area contributed by atoms with E-state index >= 15 is 0 Å². The van der Waals surface area contributed by atoms with Gasteiger partial charge in [0.1, 0.15) is 11.3 Å². The molecule has 17 heavy (non-hydrogen) atoms. The monoisotopic (exact) mass is 274 g/mol. The molecule has 0 bridgehead atoms. The maximum Gasteiger partial charge on any atom is 0.375 e. The van der Waals surface area contributed by atoms with Crippen molar-refractivity contribution < 1.29 is 17.8 Å². The van der Waals surface area contributed by atoms with Crippen LogP contribution in [-0.4, -0.2) is 22.0 Å². The summed E-state index contributed by atoms with van der Waals surface area (Å²) in [7, 11) is -3.48. The summed E-state index contributed by atoms with van der Waals surface area (Å²) in [6, 6.07) is 8.79. The fourth-order valence-electron chi connectivity index (χ4n) is 1.33. The van der Waals surface area contributed by atoms with E-state index in [2.05, 4.69) is 0 Å². The lowest BCUT2D eigenvalue weighted by Gasteiger charge is -2.17. The highest BCUT2D eigenvalue weighted by Gasteiger charge is 2.32. The van der Waals surface area contributed by atoms with Gasteiger partial charge in [-0.1, -0.05) is 30.3 Å². The predicted octanol–water partition coefficient (Wildman–Crippen LogP) is 2.64. The van der Waals surface area contributed by atoms with E-state index in [4.69, 9.17) is 9.05 Å². The van der Waals surface area contributed by atoms with Crippen LogP contribution in [0, 0.1) is 0 Å². The highest BCUT2D eigenvalue weighted by atomic mass is 32.1. The minimum absolute atomic E-state index is 0.113. The molecule has 1 rings (SSSR count). The second-order valence-corrected chi connectivity index (χ2v) is 5.92. The minimum atomic E-state index is -3.48. The molecule has 0 amide bonds. The van der Waals surface area contributed by atoms with Crippen LogP contribution in [0.25, 0.3) is 0 Å². The lowest BCUT2D eigenvalue weighted by molar-refractivity contribution is 0.233. The van der Waals surface area contributed by atoms with E-state index in [-0.39, 0.29) is 29.1 Å². The van der Waals surface area contributed by atoms with Crippen LogP contribution >= 0.6 is 7.60 Å². The summed E-state index contributed by atoms with van der Waals surface area (Å²) in [5.41, 5.74) is 0.581. The molecular weight excluding hydrogens is 259 g/mol. The van der Waals surface area contributed by atoms with Gasteiger partial charge in [0.15, 0.2) is 4.61 Å². The van der Waals surface area contributed by atoms with Crippen LogP contribution in [0.15, 0.2) is 30.3 Å². The second kappa shape index (κ2) is 6.87. The summed E-state index contributed by atoms with van der Waals surface area (Å²) in [4.78, 5) is 0. The molecule has 0 fully saturated rings. The van der Waals surface area contributed by atoms with E-state index in [1.807, 2.05) is 6.07 Å². The summed E-state index contributed by atoms with van der Waals surface area (Å²) in [5.74, 6) is 0. The summed E-state index contributed by atoms with van der Waals surface area (Å²) >= 11 is 0.163. The SMILES string of the molecule is CCOP(=O)(OCC)C(=S=O)c1ccccc1. The molecule has 0 N–H and O–H groups in total. The van der Waals surface area contributed by atoms with Gasteiger partial charge in [-0.2, -0.15) is 0 Å². The van der Waals surface area contributed by atoms with Crippen molar-refractivity contribution in [1.82, 2.24) is 0 Å². The molecule has 0 atom stereocenters. The van der Waals surface area contributed by atoms with Crippen LogP contribution in [-0.2, 0) is 24.9 Å². The second-order valence-electron chi connectivity index (χ2n) is 3.09. The molecule has 0 aliphatic carbocycles. The van der Waals surface area contributed by atoms with E-state index < -0.39 is 7.60 Å². The molecule has 0 radical (unpaired) electrons. The van der Waals surface area contributed by atoms with Crippen LogP contribution in [0.5, 0.6) is 0 Å². The summed E-state index contributed by atoms with van der Waals surface area (Å²) in [6.07, 6.45) is 0. The maximum atomic E-state index is 12.4. The van der Waals surface area contributed by atoms with Gasteiger partial charge in [0.05, 0.1) is 13.2 Å². The van der Waals surface area contributed by atoms with Crippen LogP contribution in [0.4, 0.5) is 0 Å². The normalized spacial score (nSPS) is 11.2. The van der Waals surface area contributed by atoms with Crippen molar-refractivity contribution in [3.05, 3.63) is 35.9 Å². The lowest BCUT2D eigenvalue weighted by Crippen LogP contribution is -2.08. The van der Waals surface area contributed by atoms with E-state index in [0.29, 0.717) is 5.56 Å². The van der Waals surface area contributed by atoms with Gasteiger partial charge in [-0.25, -0.2) is 4.21 Å². The van der Waals surface area contributed by atoms with Crippen LogP contribution in [0.2, 0.25) is 0 Å². The number of rotatable bonds is 6. The van der Waals surface area contributed by atoms with Crippen molar-refractivity contribution in [2.75, 3.05) is 13.2 Å². The summed E-state index contributed by atoms with van der Waals surface area (Å²) in [5, 5.41) is 0. The molecule has 0 spiro atoms. The molecule has 4 nitrogen and oxygen atoms in total. The Morgan fingerprint density at radius 1 is 1.18 bits per heavy atom. The van der Waals surface area contributed by atoms with E-state index in [1.54, 1.807) is 38.1 Å². The highest BCUT2D eigenvalue weighted by molar-refractivity contribution is 7.91. The van der Waals surface area contributed by atoms with Crippen LogP contribution < -0.4 is 0 Å². The molecule has 0 saturated carbocycles. The summed E-state index contributed by atoms with van der Waals surface area (Å²) in [6.45, 7) is 3.88. The Morgan fingerprint density at radius 2 is 1.71 bits per heavy atom. The lowest BCUT2D eigenvalue weighted by atomic mass is 10.2. The Balaban J connectivity index is 3.17. The first-order chi connectivity index (χ1) is 8.18. The van der Waals surface area contributed by atoms with Gasteiger partial charge in [0, 0.05) is 5.56 Å². The highest BCUT2D eigenvalue weighted by Crippen LogP contribution is 2.50. The fraction of sp³-hybridized carbons (Fsp3) is 0.364. The van der Waals surface area contributed by atoms with E-state index in [1.165, 1.54) is 0 Å². The Bertz CT molecular complexity index is 444. The van der Waals surface area contributed by atoms with Crippen molar-refractivity contribution >= 4 is 23.5 Å². The van der Waals surface area contributed by atoms with Gasteiger partial charge in [-0.15, -0.1) is 0 Å². The molecule has 0 heterocycles. The number of hydrogen-bond donors (Lipinski definition) is 0. The molecule has 0 aromatic heterocycles. The quantitative estimate of drug-likeness (QED) is 0.591. The van der Waals surface area contributed by atoms with Crippen molar-refractivity contribution in [2.24, 2.45) is 0 Å². The van der Waals surface area contributed by atoms with Crippen molar-refractivity contribution in [3.8, 4) is 0 Å². The van der Waals surface area contributed by atoms with Gasteiger partial charge in [-0.3, -0.25) is 4.57 Å². The first-order valence-corrected chi connectivity index (χ1v) is 7.58. The smallest absolute Gasteiger partial charge is 0.305 e. The molecule has 0 aliphatic rings. The van der Waals surface area contributed by atoms with E-state index in [9.17, 15) is 8.77 Å². The Morgan fingerprint density at radius 3 is 2.12 bits per heavy atom. The van der Waals surface area contributed by atoms with Gasteiger partial charge < -0.3 is 9.05 Å². The molecule has 94 valence electrons. The minimum Gasteiger partial charge on any atom is -0.305 e. The zero-order chi connectivity index (χ0) is 12.7. The Kier molecular flexibility index (Phi) is 5.78. The third-order valence-electron chi connectivity index (χ3n) is 1.95. The van der Waals surface area contributed by atoms with Crippen LogP contribution in [0.3, 0.4) is 0 Å². The first kappa shape index (κ1) is 14.3. The average Bonchev–Trinajstić information content (AvgIpc) is 2.31. The topological polar surface area (TPSA) is 52.6 Å². The van der Waals surface area contributed by atoms with Gasteiger partial charge in [0.2, 0.25) is 0 Å². The molecule has 1 aromatic rings. The number of hydrogen-bond acceptors (Lipinski definition) is 4. The molecular formula is C11H15O4PS. The first-order valence-electron chi connectivity index (χ1n) is 5.29. The molecule has 0 aliphatic heterocycles. The predicted molar refractivity (Wildman–Crippen MR) is 69.6 cm³/mol. The third kappa shape index (κ3) is 3.61. The number of benzene rings is 1. The Hall–Kier alpha value is -0.740. The van der Waals surface area contributed by atoms with Crippen molar-refractivity contribution in [1.29, 1.82) is 0 Å².